The van der Waals surface area contributed by atoms with E-state index in [1.165, 1.54) is 24.5 Å². The fourth-order valence-corrected chi connectivity index (χ4v) is 2.86. The van der Waals surface area contributed by atoms with Gasteiger partial charge in [0.15, 0.2) is 0 Å². The minimum Gasteiger partial charge on any atom is -0.290 e. The summed E-state index contributed by atoms with van der Waals surface area (Å²) in [5.74, 6) is 3.41. The van der Waals surface area contributed by atoms with E-state index in [2.05, 4.69) is 4.98 Å². The summed E-state index contributed by atoms with van der Waals surface area (Å²) in [5, 5.41) is 0. The zero-order valence-corrected chi connectivity index (χ0v) is 13.0. The fraction of sp³-hybridized carbons (Fsp3) is 0.143. The normalized spacial score (nSPS) is 11.1. The lowest BCUT2D eigenvalue weighted by Gasteiger charge is -2.22. The molecule has 2 rings (SSSR count). The summed E-state index contributed by atoms with van der Waals surface area (Å²) in [7, 11) is -3.59. The zero-order chi connectivity index (χ0) is 17.0. The second kappa shape index (κ2) is 6.71. The van der Waals surface area contributed by atoms with Gasteiger partial charge < -0.3 is 0 Å². The zero-order valence-electron chi connectivity index (χ0n) is 12.2. The molecule has 1 heterocycles. The van der Waals surface area contributed by atoms with Gasteiger partial charge in [0.05, 0.1) is 30.2 Å². The highest BCUT2D eigenvalue weighted by Gasteiger charge is 2.19. The highest BCUT2D eigenvalue weighted by molar-refractivity contribution is 7.92. The third-order valence-electron chi connectivity index (χ3n) is 3.07. The van der Waals surface area contributed by atoms with Crippen molar-refractivity contribution in [2.24, 2.45) is 5.84 Å². The maximum atomic E-state index is 13.9. The molecule has 0 saturated heterocycles. The number of nitrogens with one attached hydrogen (secondary N) is 1. The molecule has 0 bridgehead atoms. The van der Waals surface area contributed by atoms with Crippen LogP contribution in [0.2, 0.25) is 0 Å². The quantitative estimate of drug-likeness (QED) is 0.476. The first-order valence-electron chi connectivity index (χ1n) is 6.50. The Morgan fingerprint density at radius 3 is 2.65 bits per heavy atom. The van der Waals surface area contributed by atoms with Gasteiger partial charge in [0.25, 0.3) is 5.91 Å². The van der Waals surface area contributed by atoms with Crippen molar-refractivity contribution in [1.82, 2.24) is 10.4 Å². The van der Waals surface area contributed by atoms with E-state index < -0.39 is 21.7 Å². The Bertz CT molecular complexity index is 812. The summed E-state index contributed by atoms with van der Waals surface area (Å²) in [6, 6.07) is 6.99. The van der Waals surface area contributed by atoms with Gasteiger partial charge in [0.2, 0.25) is 10.0 Å². The van der Waals surface area contributed by atoms with E-state index in [4.69, 9.17) is 5.84 Å². The van der Waals surface area contributed by atoms with E-state index in [0.717, 1.165) is 16.6 Å². The number of sulfonamides is 1. The number of carbonyl (C=O) groups excluding carboxylic acids is 1. The molecule has 1 aromatic heterocycles. The molecule has 2 aromatic rings. The summed E-state index contributed by atoms with van der Waals surface area (Å²) >= 11 is 0. The molecule has 3 N–H and O–H groups in total. The molecule has 9 heteroatoms. The minimum atomic E-state index is -3.59. The van der Waals surface area contributed by atoms with Crippen LogP contribution >= 0.6 is 0 Å². The smallest absolute Gasteiger partial charge is 0.268 e. The van der Waals surface area contributed by atoms with Crippen LogP contribution in [0.25, 0.3) is 0 Å². The van der Waals surface area contributed by atoms with Crippen LogP contribution < -0.4 is 15.6 Å². The number of pyridine rings is 1. The van der Waals surface area contributed by atoms with Gasteiger partial charge in [-0.3, -0.25) is 19.5 Å². The topological polar surface area (TPSA) is 105 Å². The van der Waals surface area contributed by atoms with Gasteiger partial charge in [0, 0.05) is 6.20 Å². The van der Waals surface area contributed by atoms with Crippen molar-refractivity contribution in [3.05, 3.63) is 59.7 Å². The average Bonchev–Trinajstić information content (AvgIpc) is 2.51. The van der Waals surface area contributed by atoms with Crippen LogP contribution in [-0.4, -0.2) is 25.6 Å². The summed E-state index contributed by atoms with van der Waals surface area (Å²) in [5.41, 5.74) is 2.36. The molecule has 0 aliphatic rings. The number of nitrogen functional groups attached to an aromatic ring is 1. The maximum Gasteiger partial charge on any atom is 0.268 e. The Labute approximate surface area is 133 Å². The molecular formula is C14H15FN4O3S. The maximum absolute atomic E-state index is 13.9. The number of halogens is 1. The lowest BCUT2D eigenvalue weighted by molar-refractivity contribution is 0.0949. The van der Waals surface area contributed by atoms with Crippen LogP contribution in [0.5, 0.6) is 0 Å². The third-order valence-corrected chi connectivity index (χ3v) is 4.21. The standard InChI is InChI=1S/C14H15FN4O3S/c1-23(21,22)19(11-3-2-6-17-8-11)9-10-4-5-12(13(15)7-10)14(20)18-16/h2-8H,9,16H2,1H3,(H,18,20). The molecule has 0 unspecified atom stereocenters. The highest BCUT2D eigenvalue weighted by atomic mass is 32.2. The first-order valence-corrected chi connectivity index (χ1v) is 8.35. The molecule has 0 saturated carbocycles. The minimum absolute atomic E-state index is 0.0913. The van der Waals surface area contributed by atoms with Gasteiger partial charge >= 0.3 is 0 Å². The number of anilines is 1. The van der Waals surface area contributed by atoms with Crippen LogP contribution in [0.15, 0.2) is 42.7 Å². The molecule has 0 fully saturated rings. The van der Waals surface area contributed by atoms with Crippen molar-refractivity contribution in [2.45, 2.75) is 6.54 Å². The number of benzene rings is 1. The SMILES string of the molecule is CS(=O)(=O)N(Cc1ccc(C(=O)NN)c(F)c1)c1cccnc1. The molecule has 7 nitrogen and oxygen atoms in total. The van der Waals surface area contributed by atoms with Gasteiger partial charge in [-0.25, -0.2) is 18.7 Å². The second-order valence-corrected chi connectivity index (χ2v) is 6.68. The second-order valence-electron chi connectivity index (χ2n) is 4.77. The highest BCUT2D eigenvalue weighted by Crippen LogP contribution is 2.20. The van der Waals surface area contributed by atoms with E-state index >= 15 is 0 Å². The predicted octanol–water partition coefficient (Wildman–Crippen LogP) is 0.790. The number of hydrazine groups is 1. The number of aromatic nitrogens is 1. The number of nitrogens with two attached hydrogens (primary N) is 1. The Hall–Kier alpha value is -2.52. The molecular weight excluding hydrogens is 323 g/mol. The number of carbonyl (C=O) groups is 1. The molecule has 1 aromatic carbocycles. The van der Waals surface area contributed by atoms with Gasteiger partial charge in [-0.05, 0) is 29.8 Å². The van der Waals surface area contributed by atoms with E-state index in [9.17, 15) is 17.6 Å². The summed E-state index contributed by atoms with van der Waals surface area (Å²) in [4.78, 5) is 15.2. The Morgan fingerprint density at radius 1 is 1.39 bits per heavy atom. The molecule has 0 spiro atoms. The molecule has 0 aliphatic carbocycles. The van der Waals surface area contributed by atoms with E-state index in [0.29, 0.717) is 11.3 Å². The largest absolute Gasteiger partial charge is 0.290 e. The van der Waals surface area contributed by atoms with Crippen LogP contribution in [0, 0.1) is 5.82 Å². The Morgan fingerprint density at radius 2 is 2.13 bits per heavy atom. The number of hydrogen-bond donors (Lipinski definition) is 2. The van der Waals surface area contributed by atoms with Gasteiger partial charge in [0.1, 0.15) is 5.82 Å². The van der Waals surface area contributed by atoms with Gasteiger partial charge in [-0.2, -0.15) is 0 Å². The summed E-state index contributed by atoms with van der Waals surface area (Å²) < 4.78 is 39.0. The summed E-state index contributed by atoms with van der Waals surface area (Å²) in [6.07, 6.45) is 3.96. The summed E-state index contributed by atoms with van der Waals surface area (Å²) in [6.45, 7) is -0.0913. The van der Waals surface area contributed by atoms with Crippen LogP contribution in [0.4, 0.5) is 10.1 Å². The Balaban J connectivity index is 2.35. The molecule has 122 valence electrons. The molecule has 0 radical (unpaired) electrons. The lowest BCUT2D eigenvalue weighted by atomic mass is 10.1. The van der Waals surface area contributed by atoms with Crippen molar-refractivity contribution in [2.75, 3.05) is 10.6 Å². The van der Waals surface area contributed by atoms with Crippen molar-refractivity contribution >= 4 is 21.6 Å². The van der Waals surface area contributed by atoms with Gasteiger partial charge in [-0.15, -0.1) is 0 Å². The lowest BCUT2D eigenvalue weighted by Crippen LogP contribution is -2.31. The molecule has 0 atom stereocenters. The van der Waals surface area contributed by atoms with Crippen molar-refractivity contribution < 1.29 is 17.6 Å². The first-order chi connectivity index (χ1) is 10.8. The Kier molecular flexibility index (Phi) is 4.92. The molecule has 1 amide bonds. The number of amides is 1. The van der Waals surface area contributed by atoms with Crippen molar-refractivity contribution in [3.8, 4) is 0 Å². The van der Waals surface area contributed by atoms with Gasteiger partial charge in [-0.1, -0.05) is 6.07 Å². The number of hydrogen-bond acceptors (Lipinski definition) is 5. The first kappa shape index (κ1) is 16.8. The molecule has 23 heavy (non-hydrogen) atoms. The fourth-order valence-electron chi connectivity index (χ4n) is 1.99. The van der Waals surface area contributed by atoms with Crippen LogP contribution in [-0.2, 0) is 16.6 Å². The molecule has 0 aliphatic heterocycles. The van der Waals surface area contributed by atoms with Crippen LogP contribution in [0.1, 0.15) is 15.9 Å². The number of nitrogens with zero attached hydrogens (tertiary/aromatic N) is 2. The predicted molar refractivity (Wildman–Crippen MR) is 83.3 cm³/mol. The monoisotopic (exact) mass is 338 g/mol. The average molecular weight is 338 g/mol. The van der Waals surface area contributed by atoms with E-state index in [1.807, 2.05) is 5.43 Å². The van der Waals surface area contributed by atoms with Crippen molar-refractivity contribution in [1.29, 1.82) is 0 Å². The van der Waals surface area contributed by atoms with E-state index in [1.54, 1.807) is 12.1 Å². The van der Waals surface area contributed by atoms with Crippen LogP contribution in [0.3, 0.4) is 0 Å². The number of rotatable bonds is 5. The van der Waals surface area contributed by atoms with E-state index in [-0.39, 0.29) is 12.1 Å². The van der Waals surface area contributed by atoms with Crippen molar-refractivity contribution in [3.63, 3.8) is 0 Å². The third kappa shape index (κ3) is 4.02.